The van der Waals surface area contributed by atoms with E-state index in [-0.39, 0.29) is 60.0 Å². The fraction of sp³-hybridized carbons (Fsp3) is 0.538. The van der Waals surface area contributed by atoms with Crippen molar-refractivity contribution in [1.82, 2.24) is 4.90 Å². The fourth-order valence-electron chi connectivity index (χ4n) is 5.69. The number of fused-ring (bicyclic) bond motifs is 4. The SMILES string of the molecule is CCC(CN1CCC2(C)c3cccc(O)c3CC1C2(C)C)OCc1c(F)cccc1F.Cl.Cl. The van der Waals surface area contributed by atoms with Gasteiger partial charge in [0.25, 0.3) is 0 Å². The zero-order valence-corrected chi connectivity index (χ0v) is 21.4. The van der Waals surface area contributed by atoms with E-state index in [1.54, 1.807) is 6.07 Å². The number of likely N-dealkylation sites (tertiary alicyclic amines) is 1. The maximum atomic E-state index is 14.0. The van der Waals surface area contributed by atoms with Crippen molar-refractivity contribution in [2.24, 2.45) is 5.41 Å². The summed E-state index contributed by atoms with van der Waals surface area (Å²) < 4.78 is 34.0. The average molecular weight is 502 g/mol. The van der Waals surface area contributed by atoms with Gasteiger partial charge in [0.1, 0.15) is 17.4 Å². The van der Waals surface area contributed by atoms with Gasteiger partial charge in [-0.25, -0.2) is 8.78 Å². The smallest absolute Gasteiger partial charge is 0.131 e. The Labute approximate surface area is 208 Å². The Morgan fingerprint density at radius 2 is 1.73 bits per heavy atom. The molecule has 3 nitrogen and oxygen atoms in total. The molecule has 7 heteroatoms. The Kier molecular flexibility index (Phi) is 8.83. The molecule has 184 valence electrons. The van der Waals surface area contributed by atoms with Crippen molar-refractivity contribution in [1.29, 1.82) is 0 Å². The number of benzene rings is 2. The van der Waals surface area contributed by atoms with Gasteiger partial charge in [-0.1, -0.05) is 45.9 Å². The standard InChI is InChI=1S/C26H33F2NO2.2ClH/c1-5-17(31-16-19-21(27)9-7-10-22(19)28)15-29-13-12-26(4)20-8-6-11-23(30)18(20)14-24(29)25(26,2)3;;/h6-11,17,24,30H,5,12-16H2,1-4H3;2*1H. The predicted octanol–water partition coefficient (Wildman–Crippen LogP) is 6.42. The van der Waals surface area contributed by atoms with Gasteiger partial charge in [-0.3, -0.25) is 4.90 Å². The first-order valence-corrected chi connectivity index (χ1v) is 11.3. The molecule has 2 aliphatic rings. The van der Waals surface area contributed by atoms with E-state index >= 15 is 0 Å². The monoisotopic (exact) mass is 501 g/mol. The molecule has 0 saturated carbocycles. The number of hydrogen-bond acceptors (Lipinski definition) is 3. The topological polar surface area (TPSA) is 32.7 Å². The van der Waals surface area contributed by atoms with E-state index in [0.717, 1.165) is 31.4 Å². The lowest BCUT2D eigenvalue weighted by Gasteiger charge is -2.61. The molecule has 0 aromatic heterocycles. The molecule has 0 radical (unpaired) electrons. The van der Waals surface area contributed by atoms with Gasteiger partial charge < -0.3 is 9.84 Å². The molecule has 2 bridgehead atoms. The Balaban J connectivity index is 0.00000193. The van der Waals surface area contributed by atoms with Crippen LogP contribution < -0.4 is 0 Å². The Morgan fingerprint density at radius 3 is 2.36 bits per heavy atom. The molecule has 4 rings (SSSR count). The second kappa shape index (κ2) is 10.5. The normalized spacial score (nSPS) is 24.2. The van der Waals surface area contributed by atoms with Crippen LogP contribution in [0.1, 0.15) is 57.2 Å². The molecule has 1 aliphatic carbocycles. The van der Waals surface area contributed by atoms with Crippen LogP contribution in [0.25, 0.3) is 0 Å². The third-order valence-electron chi connectivity index (χ3n) is 8.16. The Hall–Kier alpha value is -1.40. The van der Waals surface area contributed by atoms with Crippen molar-refractivity contribution < 1.29 is 18.6 Å². The van der Waals surface area contributed by atoms with Crippen LogP contribution in [0.3, 0.4) is 0 Å². The van der Waals surface area contributed by atoms with Crippen molar-refractivity contribution in [3.8, 4) is 5.75 Å². The first kappa shape index (κ1) is 27.8. The molecule has 1 N–H and O–H groups in total. The van der Waals surface area contributed by atoms with Crippen LogP contribution in [0.5, 0.6) is 5.75 Å². The minimum Gasteiger partial charge on any atom is -0.508 e. The van der Waals surface area contributed by atoms with Crippen molar-refractivity contribution in [2.75, 3.05) is 13.1 Å². The zero-order valence-electron chi connectivity index (χ0n) is 19.7. The lowest BCUT2D eigenvalue weighted by molar-refractivity contribution is -0.0698. The number of nitrogens with zero attached hydrogens (tertiary/aromatic N) is 1. The van der Waals surface area contributed by atoms with Crippen LogP contribution in [0.15, 0.2) is 36.4 Å². The van der Waals surface area contributed by atoms with Crippen molar-refractivity contribution in [2.45, 2.75) is 71.1 Å². The number of aromatic hydroxyl groups is 1. The van der Waals surface area contributed by atoms with E-state index in [2.05, 4.69) is 31.7 Å². The molecule has 33 heavy (non-hydrogen) atoms. The third-order valence-corrected chi connectivity index (χ3v) is 8.16. The van der Waals surface area contributed by atoms with Crippen LogP contribution in [0.4, 0.5) is 8.78 Å². The molecule has 1 aliphatic heterocycles. The molecular formula is C26H35Cl2F2NO2. The number of phenols is 1. The van der Waals surface area contributed by atoms with Crippen LogP contribution in [0, 0.1) is 17.0 Å². The largest absolute Gasteiger partial charge is 0.508 e. The van der Waals surface area contributed by atoms with E-state index in [4.69, 9.17) is 4.74 Å². The first-order valence-electron chi connectivity index (χ1n) is 11.3. The average Bonchev–Trinajstić information content (AvgIpc) is 2.71. The molecule has 3 unspecified atom stereocenters. The summed E-state index contributed by atoms with van der Waals surface area (Å²) in [6.07, 6.45) is 2.43. The molecule has 1 heterocycles. The summed E-state index contributed by atoms with van der Waals surface area (Å²) in [4.78, 5) is 2.46. The number of halogens is 4. The van der Waals surface area contributed by atoms with Crippen LogP contribution in [0.2, 0.25) is 0 Å². The number of hydrogen-bond donors (Lipinski definition) is 1. The minimum absolute atomic E-state index is 0. The van der Waals surface area contributed by atoms with Gasteiger partial charge in [-0.05, 0) is 60.5 Å². The second-order valence-electron chi connectivity index (χ2n) is 9.86. The molecule has 1 fully saturated rings. The summed E-state index contributed by atoms with van der Waals surface area (Å²) in [7, 11) is 0. The van der Waals surface area contributed by atoms with E-state index in [1.807, 2.05) is 13.0 Å². The molecule has 1 saturated heterocycles. The van der Waals surface area contributed by atoms with Crippen LogP contribution >= 0.6 is 24.8 Å². The predicted molar refractivity (Wildman–Crippen MR) is 133 cm³/mol. The number of ether oxygens (including phenoxy) is 1. The summed E-state index contributed by atoms with van der Waals surface area (Å²) in [5, 5.41) is 10.6. The van der Waals surface area contributed by atoms with Gasteiger partial charge in [0.2, 0.25) is 0 Å². The summed E-state index contributed by atoms with van der Waals surface area (Å²) in [5.74, 6) is -0.752. The zero-order chi connectivity index (χ0) is 22.4. The van der Waals surface area contributed by atoms with Crippen LogP contribution in [-0.2, 0) is 23.2 Å². The van der Waals surface area contributed by atoms with E-state index in [9.17, 15) is 13.9 Å². The molecule has 2 aromatic rings. The highest BCUT2D eigenvalue weighted by atomic mass is 35.5. The second-order valence-corrected chi connectivity index (χ2v) is 9.86. The highest BCUT2D eigenvalue weighted by Crippen LogP contribution is 2.57. The van der Waals surface area contributed by atoms with Gasteiger partial charge in [-0.2, -0.15) is 0 Å². The van der Waals surface area contributed by atoms with Crippen LogP contribution in [-0.4, -0.2) is 35.2 Å². The number of rotatable bonds is 6. The van der Waals surface area contributed by atoms with Crippen molar-refractivity contribution >= 4 is 24.8 Å². The summed E-state index contributed by atoms with van der Waals surface area (Å²) in [6, 6.07) is 10.1. The summed E-state index contributed by atoms with van der Waals surface area (Å²) in [6.45, 7) is 10.6. The summed E-state index contributed by atoms with van der Waals surface area (Å²) >= 11 is 0. The van der Waals surface area contributed by atoms with Gasteiger partial charge in [-0.15, -0.1) is 24.8 Å². The van der Waals surface area contributed by atoms with Gasteiger partial charge in [0.15, 0.2) is 0 Å². The van der Waals surface area contributed by atoms with E-state index in [1.165, 1.54) is 23.8 Å². The highest BCUT2D eigenvalue weighted by molar-refractivity contribution is 5.85. The quantitative estimate of drug-likeness (QED) is 0.495. The minimum atomic E-state index is -0.566. The Bertz CT molecular complexity index is 951. The number of phenolic OH excluding ortho intramolecular Hbond substituents is 1. The van der Waals surface area contributed by atoms with Crippen molar-refractivity contribution in [3.05, 3.63) is 64.7 Å². The maximum Gasteiger partial charge on any atom is 0.131 e. The van der Waals surface area contributed by atoms with E-state index in [0.29, 0.717) is 12.3 Å². The lowest BCUT2D eigenvalue weighted by Crippen LogP contribution is -2.64. The maximum absolute atomic E-state index is 14.0. The van der Waals surface area contributed by atoms with Gasteiger partial charge in [0, 0.05) is 23.6 Å². The number of piperidine rings is 1. The first-order chi connectivity index (χ1) is 14.7. The molecule has 0 spiro atoms. The fourth-order valence-corrected chi connectivity index (χ4v) is 5.69. The Morgan fingerprint density at radius 1 is 1.09 bits per heavy atom. The highest BCUT2D eigenvalue weighted by Gasteiger charge is 2.56. The van der Waals surface area contributed by atoms with Crippen molar-refractivity contribution in [3.63, 3.8) is 0 Å². The molecule has 3 atom stereocenters. The molecular weight excluding hydrogens is 467 g/mol. The lowest BCUT2D eigenvalue weighted by atomic mass is 9.51. The third kappa shape index (κ3) is 4.75. The van der Waals surface area contributed by atoms with E-state index < -0.39 is 11.6 Å². The van der Waals surface area contributed by atoms with Gasteiger partial charge in [0.05, 0.1) is 12.7 Å². The van der Waals surface area contributed by atoms with Gasteiger partial charge >= 0.3 is 0 Å². The molecule has 0 amide bonds. The summed E-state index contributed by atoms with van der Waals surface area (Å²) in [5.41, 5.74) is 2.32. The molecule has 2 aromatic carbocycles.